The monoisotopic (exact) mass is 270 g/mol. The van der Waals surface area contributed by atoms with E-state index >= 15 is 0 Å². The highest BCUT2D eigenvalue weighted by Crippen LogP contribution is 2.35. The van der Waals surface area contributed by atoms with Crippen molar-refractivity contribution in [3.05, 3.63) is 0 Å². The Bertz CT molecular complexity index is 217. The van der Waals surface area contributed by atoms with E-state index in [9.17, 15) is 4.57 Å². The zero-order chi connectivity index (χ0) is 13.1. The van der Waals surface area contributed by atoms with E-state index in [0.29, 0.717) is 12.5 Å². The summed E-state index contributed by atoms with van der Waals surface area (Å²) in [6.07, 6.45) is 4.59. The van der Waals surface area contributed by atoms with Crippen LogP contribution in [0.15, 0.2) is 0 Å². The smallest absolute Gasteiger partial charge is 0.379 e. The molecular weight excluding hydrogens is 247 g/mol. The molecule has 0 aromatic heterocycles. The first-order valence-electron chi connectivity index (χ1n) is 5.94. The third kappa shape index (κ3) is 12.3. The second-order valence-electron chi connectivity index (χ2n) is 3.88. The molecular formula is C10H23O6P. The molecule has 0 aromatic rings. The first-order chi connectivity index (χ1) is 7.99. The molecule has 0 rings (SSSR count). The second kappa shape index (κ2) is 10.00. The summed E-state index contributed by atoms with van der Waals surface area (Å²) in [6, 6.07) is 0. The molecule has 0 aromatic carbocycles. The molecule has 0 saturated heterocycles. The maximum Gasteiger partial charge on any atom is 0.496 e. The van der Waals surface area contributed by atoms with Gasteiger partial charge in [0.05, 0.1) is 6.61 Å². The van der Waals surface area contributed by atoms with Crippen molar-refractivity contribution >= 4 is 7.82 Å². The molecule has 0 spiro atoms. The fourth-order valence-corrected chi connectivity index (χ4v) is 1.56. The van der Waals surface area contributed by atoms with Crippen molar-refractivity contribution < 1.29 is 28.7 Å². The summed E-state index contributed by atoms with van der Waals surface area (Å²) in [5.41, 5.74) is 0. The molecule has 17 heavy (non-hydrogen) atoms. The number of hydrogen-bond acceptors (Lipinski definition) is 4. The molecule has 0 radical (unpaired) electrons. The Hall–Kier alpha value is 0.0300. The van der Waals surface area contributed by atoms with Crippen molar-refractivity contribution in [2.75, 3.05) is 19.8 Å². The van der Waals surface area contributed by atoms with Crippen LogP contribution in [0, 0.1) is 5.92 Å². The molecule has 0 aliphatic carbocycles. The third-order valence-corrected chi connectivity index (χ3v) is 2.66. The van der Waals surface area contributed by atoms with Crippen LogP contribution in [0.25, 0.3) is 0 Å². The molecule has 0 aliphatic heterocycles. The number of phosphoric acid groups is 1. The van der Waals surface area contributed by atoms with Crippen LogP contribution in [0.4, 0.5) is 0 Å². The quantitative estimate of drug-likeness (QED) is 0.259. The molecule has 0 fully saturated rings. The van der Waals surface area contributed by atoms with Gasteiger partial charge in [-0.2, -0.15) is 0 Å². The molecule has 0 bridgehead atoms. The summed E-state index contributed by atoms with van der Waals surface area (Å²) in [7, 11) is -4.53. The van der Waals surface area contributed by atoms with Crippen LogP contribution in [0.3, 0.4) is 0 Å². The van der Waals surface area contributed by atoms with Crippen LogP contribution >= 0.6 is 7.82 Å². The first kappa shape index (κ1) is 17.0. The molecule has 1 unspecified atom stereocenters. The Morgan fingerprint density at radius 3 is 2.47 bits per heavy atom. The van der Waals surface area contributed by atoms with Crippen LogP contribution in [-0.2, 0) is 18.9 Å². The van der Waals surface area contributed by atoms with E-state index in [2.05, 4.69) is 23.4 Å². The lowest BCUT2D eigenvalue weighted by atomic mass is 10.0. The lowest BCUT2D eigenvalue weighted by Gasteiger charge is -2.14. The van der Waals surface area contributed by atoms with Crippen LogP contribution < -0.4 is 0 Å². The average molecular weight is 270 g/mol. The summed E-state index contributed by atoms with van der Waals surface area (Å²) in [4.78, 5) is 20.9. The van der Waals surface area contributed by atoms with Gasteiger partial charge in [0.25, 0.3) is 0 Å². The van der Waals surface area contributed by atoms with Gasteiger partial charge in [-0.25, -0.2) is 9.45 Å². The van der Waals surface area contributed by atoms with Gasteiger partial charge in [0.1, 0.15) is 6.61 Å². The predicted octanol–water partition coefficient (Wildman–Crippen LogP) is 2.26. The van der Waals surface area contributed by atoms with Gasteiger partial charge in [0, 0.05) is 6.61 Å². The van der Waals surface area contributed by atoms with E-state index in [1.165, 1.54) is 12.8 Å². The van der Waals surface area contributed by atoms with Crippen molar-refractivity contribution in [3.63, 3.8) is 0 Å². The zero-order valence-electron chi connectivity index (χ0n) is 10.5. The Morgan fingerprint density at radius 2 is 1.94 bits per heavy atom. The molecule has 2 N–H and O–H groups in total. The van der Waals surface area contributed by atoms with Gasteiger partial charge in [-0.05, 0) is 12.3 Å². The Labute approximate surface area is 102 Å². The lowest BCUT2D eigenvalue weighted by molar-refractivity contribution is -0.229. The van der Waals surface area contributed by atoms with Crippen molar-refractivity contribution in [3.8, 4) is 0 Å². The van der Waals surface area contributed by atoms with E-state index < -0.39 is 7.82 Å². The van der Waals surface area contributed by atoms with Gasteiger partial charge in [0.15, 0.2) is 0 Å². The molecule has 6 nitrogen and oxygen atoms in total. The molecule has 0 amide bonds. The fraction of sp³-hybridized carbons (Fsp3) is 1.00. The molecule has 0 heterocycles. The van der Waals surface area contributed by atoms with Gasteiger partial charge in [-0.3, -0.25) is 0 Å². The normalized spacial score (nSPS) is 13.9. The van der Waals surface area contributed by atoms with Crippen molar-refractivity contribution in [1.82, 2.24) is 0 Å². The van der Waals surface area contributed by atoms with E-state index in [1.54, 1.807) is 0 Å². The number of hydrogen-bond donors (Lipinski definition) is 2. The summed E-state index contributed by atoms with van der Waals surface area (Å²) < 4.78 is 19.4. The molecule has 104 valence electrons. The summed E-state index contributed by atoms with van der Waals surface area (Å²) in [5.74, 6) is 0.539. The van der Waals surface area contributed by atoms with E-state index in [0.717, 1.165) is 12.8 Å². The van der Waals surface area contributed by atoms with E-state index in [-0.39, 0.29) is 13.2 Å². The molecule has 0 saturated carbocycles. The Balaban J connectivity index is 3.39. The number of unbranched alkanes of at least 4 members (excludes halogenated alkanes) is 1. The SMILES string of the molecule is CCCCC(CC)COCCOOP(=O)(O)O. The van der Waals surface area contributed by atoms with Gasteiger partial charge in [-0.1, -0.05) is 33.1 Å². The van der Waals surface area contributed by atoms with Crippen LogP contribution in [0.1, 0.15) is 39.5 Å². The summed E-state index contributed by atoms with van der Waals surface area (Å²) in [6.45, 7) is 5.20. The van der Waals surface area contributed by atoms with E-state index in [4.69, 9.17) is 14.5 Å². The lowest BCUT2D eigenvalue weighted by Crippen LogP contribution is -2.12. The third-order valence-electron chi connectivity index (χ3n) is 2.36. The van der Waals surface area contributed by atoms with Crippen LogP contribution in [-0.4, -0.2) is 29.6 Å². The van der Waals surface area contributed by atoms with Crippen molar-refractivity contribution in [2.24, 2.45) is 5.92 Å². The highest BCUT2D eigenvalue weighted by atomic mass is 31.2. The number of ether oxygens (including phenoxy) is 1. The molecule has 0 aliphatic rings. The highest BCUT2D eigenvalue weighted by molar-refractivity contribution is 7.46. The minimum atomic E-state index is -4.53. The summed E-state index contributed by atoms with van der Waals surface area (Å²) >= 11 is 0. The van der Waals surface area contributed by atoms with Gasteiger partial charge in [0.2, 0.25) is 0 Å². The van der Waals surface area contributed by atoms with Gasteiger partial charge >= 0.3 is 7.82 Å². The largest absolute Gasteiger partial charge is 0.496 e. The topological polar surface area (TPSA) is 85.2 Å². The van der Waals surface area contributed by atoms with E-state index in [1.807, 2.05) is 0 Å². The zero-order valence-corrected chi connectivity index (χ0v) is 11.4. The Kier molecular flexibility index (Phi) is 10.0. The Morgan fingerprint density at radius 1 is 1.24 bits per heavy atom. The standard InChI is InChI=1S/C10H23O6P/c1-3-5-6-10(4-2)9-14-7-8-15-16-17(11,12)13/h10H,3-9H2,1-2H3,(H2,11,12,13). The first-order valence-corrected chi connectivity index (χ1v) is 7.47. The van der Waals surface area contributed by atoms with Crippen LogP contribution in [0.2, 0.25) is 0 Å². The average Bonchev–Trinajstić information content (AvgIpc) is 2.25. The minimum Gasteiger partial charge on any atom is -0.379 e. The fourth-order valence-electron chi connectivity index (χ4n) is 1.35. The maximum atomic E-state index is 10.2. The minimum absolute atomic E-state index is 0.00925. The van der Waals surface area contributed by atoms with Gasteiger partial charge < -0.3 is 14.5 Å². The maximum absolute atomic E-state index is 10.2. The molecule has 7 heteroatoms. The van der Waals surface area contributed by atoms with Crippen LogP contribution in [0.5, 0.6) is 0 Å². The van der Waals surface area contributed by atoms with Crippen molar-refractivity contribution in [1.29, 1.82) is 0 Å². The number of rotatable bonds is 11. The predicted molar refractivity (Wildman–Crippen MR) is 63.2 cm³/mol. The van der Waals surface area contributed by atoms with Crippen molar-refractivity contribution in [2.45, 2.75) is 39.5 Å². The summed E-state index contributed by atoms with van der Waals surface area (Å²) in [5, 5.41) is 0. The highest BCUT2D eigenvalue weighted by Gasteiger charge is 2.14. The second-order valence-corrected chi connectivity index (χ2v) is 5.01. The molecule has 1 atom stereocenters. The van der Waals surface area contributed by atoms with Gasteiger partial charge in [-0.15, -0.1) is 4.67 Å².